The lowest BCUT2D eigenvalue weighted by atomic mass is 10.1. The summed E-state index contributed by atoms with van der Waals surface area (Å²) in [5, 5.41) is 0.228. The van der Waals surface area contributed by atoms with Crippen molar-refractivity contribution < 1.29 is 18.3 Å². The van der Waals surface area contributed by atoms with Gasteiger partial charge < -0.3 is 9.64 Å². The summed E-state index contributed by atoms with van der Waals surface area (Å²) in [5.41, 5.74) is 3.29. The second-order valence-electron chi connectivity index (χ2n) is 6.83. The van der Waals surface area contributed by atoms with Crippen LogP contribution in [0.1, 0.15) is 22.1 Å². The second kappa shape index (κ2) is 7.33. The molecule has 4 nitrogen and oxygen atoms in total. The van der Waals surface area contributed by atoms with Gasteiger partial charge in [-0.25, -0.2) is 0 Å². The molecule has 0 aliphatic carbocycles. The molecular formula is C20H18F2N2O2S2. The Morgan fingerprint density at radius 3 is 2.50 bits per heavy atom. The van der Waals surface area contributed by atoms with Crippen molar-refractivity contribution in [3.05, 3.63) is 59.2 Å². The Morgan fingerprint density at radius 2 is 1.82 bits per heavy atom. The first-order valence-corrected chi connectivity index (χ1v) is 10.2. The van der Waals surface area contributed by atoms with Crippen LogP contribution in [0.3, 0.4) is 0 Å². The molecule has 2 fully saturated rings. The van der Waals surface area contributed by atoms with Crippen molar-refractivity contribution in [2.24, 2.45) is 0 Å². The summed E-state index contributed by atoms with van der Waals surface area (Å²) in [7, 11) is 0. The molecular weight excluding hydrogens is 402 g/mol. The van der Waals surface area contributed by atoms with Crippen molar-refractivity contribution in [2.45, 2.75) is 31.9 Å². The van der Waals surface area contributed by atoms with Crippen molar-refractivity contribution in [1.82, 2.24) is 4.90 Å². The maximum absolute atomic E-state index is 13.1. The van der Waals surface area contributed by atoms with Gasteiger partial charge in [0.05, 0.1) is 5.69 Å². The number of thiocarbonyl (C=S) groups is 1. The van der Waals surface area contributed by atoms with Gasteiger partial charge in [0.1, 0.15) is 17.2 Å². The van der Waals surface area contributed by atoms with Crippen molar-refractivity contribution in [1.29, 1.82) is 0 Å². The third-order valence-electron chi connectivity index (χ3n) is 4.85. The van der Waals surface area contributed by atoms with E-state index in [0.717, 1.165) is 16.7 Å². The molecule has 2 heterocycles. The monoisotopic (exact) mass is 420 g/mol. The average molecular weight is 421 g/mol. The summed E-state index contributed by atoms with van der Waals surface area (Å²) in [5.74, 6) is 0.319. The van der Waals surface area contributed by atoms with E-state index in [2.05, 4.69) is 4.74 Å². The summed E-state index contributed by atoms with van der Waals surface area (Å²) < 4.78 is 30.4. The van der Waals surface area contributed by atoms with Crippen molar-refractivity contribution >= 4 is 40.7 Å². The zero-order valence-corrected chi connectivity index (χ0v) is 16.9. The predicted molar refractivity (Wildman–Crippen MR) is 110 cm³/mol. The molecule has 0 saturated carbocycles. The Bertz CT molecular complexity index is 936. The van der Waals surface area contributed by atoms with Gasteiger partial charge in [-0.15, -0.1) is 11.8 Å². The van der Waals surface area contributed by atoms with Crippen LogP contribution in [0.5, 0.6) is 5.75 Å². The molecule has 0 unspecified atom stereocenters. The lowest BCUT2D eigenvalue weighted by molar-refractivity contribution is -0.119. The van der Waals surface area contributed by atoms with E-state index in [1.807, 2.05) is 43.0 Å². The topological polar surface area (TPSA) is 32.8 Å². The third-order valence-corrected chi connectivity index (χ3v) is 6.57. The lowest BCUT2D eigenvalue weighted by Crippen LogP contribution is -2.34. The van der Waals surface area contributed by atoms with Gasteiger partial charge in [0.2, 0.25) is 0 Å². The summed E-state index contributed by atoms with van der Waals surface area (Å²) in [4.78, 5) is 16.4. The number of halogens is 2. The first-order valence-electron chi connectivity index (χ1n) is 8.76. The molecule has 0 N–H and O–H groups in total. The van der Waals surface area contributed by atoms with Gasteiger partial charge in [0.15, 0.2) is 5.11 Å². The van der Waals surface area contributed by atoms with Crippen LogP contribution >= 0.6 is 24.0 Å². The zero-order chi connectivity index (χ0) is 20.0. The van der Waals surface area contributed by atoms with Gasteiger partial charge in [0, 0.05) is 5.75 Å². The standard InChI is InChI=1S/C20H18F2N2O2S2/c1-11-3-6-13(7-4-11)18-24-15(10-28-18)17(25)23(20(24)27)14-9-12(2)5-8-16(14)26-19(21)22/h3-9,15,18-19H,10H2,1-2H3/t15-,18+/m0/s1. The van der Waals surface area contributed by atoms with Gasteiger partial charge in [-0.1, -0.05) is 35.9 Å². The molecule has 2 aromatic rings. The Labute approximate surface area is 171 Å². The number of rotatable bonds is 4. The molecule has 4 rings (SSSR count). The van der Waals surface area contributed by atoms with Gasteiger partial charge >= 0.3 is 6.61 Å². The molecule has 0 radical (unpaired) electrons. The molecule has 2 aliphatic rings. The highest BCUT2D eigenvalue weighted by Crippen LogP contribution is 2.47. The van der Waals surface area contributed by atoms with Gasteiger partial charge in [0.25, 0.3) is 5.91 Å². The first-order chi connectivity index (χ1) is 13.4. The molecule has 2 aromatic carbocycles. The molecule has 146 valence electrons. The van der Waals surface area contributed by atoms with E-state index in [9.17, 15) is 13.6 Å². The van der Waals surface area contributed by atoms with Gasteiger partial charge in [-0.05, 0) is 49.3 Å². The van der Waals surface area contributed by atoms with E-state index in [4.69, 9.17) is 12.2 Å². The van der Waals surface area contributed by atoms with E-state index < -0.39 is 12.7 Å². The summed E-state index contributed by atoms with van der Waals surface area (Å²) >= 11 is 7.29. The molecule has 0 bridgehead atoms. The molecule has 0 spiro atoms. The number of aryl methyl sites for hydroxylation is 2. The van der Waals surface area contributed by atoms with Crippen LogP contribution < -0.4 is 9.64 Å². The number of thioether (sulfide) groups is 1. The third kappa shape index (κ3) is 3.24. The number of hydrogen-bond acceptors (Lipinski definition) is 4. The van der Waals surface area contributed by atoms with Crippen LogP contribution in [0.4, 0.5) is 14.5 Å². The number of anilines is 1. The zero-order valence-electron chi connectivity index (χ0n) is 15.3. The van der Waals surface area contributed by atoms with E-state index in [1.54, 1.807) is 23.9 Å². The molecule has 1 amide bonds. The number of hydrogen-bond donors (Lipinski definition) is 0. The Morgan fingerprint density at radius 1 is 1.14 bits per heavy atom. The fourth-order valence-electron chi connectivity index (χ4n) is 3.50. The molecule has 2 saturated heterocycles. The van der Waals surface area contributed by atoms with E-state index >= 15 is 0 Å². The summed E-state index contributed by atoms with van der Waals surface area (Å²) in [6, 6.07) is 12.5. The molecule has 28 heavy (non-hydrogen) atoms. The molecule has 8 heteroatoms. The molecule has 2 aliphatic heterocycles. The lowest BCUT2D eigenvalue weighted by Gasteiger charge is -2.26. The van der Waals surface area contributed by atoms with E-state index in [-0.39, 0.29) is 22.7 Å². The number of ether oxygens (including phenoxy) is 1. The van der Waals surface area contributed by atoms with Crippen LogP contribution in [0.15, 0.2) is 42.5 Å². The maximum atomic E-state index is 13.1. The fraction of sp³-hybridized carbons (Fsp3) is 0.300. The summed E-state index contributed by atoms with van der Waals surface area (Å²) in [6.07, 6.45) is 0. The highest BCUT2D eigenvalue weighted by atomic mass is 32.2. The first kappa shape index (κ1) is 19.1. The number of benzene rings is 2. The van der Waals surface area contributed by atoms with Crippen LogP contribution in [-0.2, 0) is 4.79 Å². The van der Waals surface area contributed by atoms with Crippen LogP contribution in [0.25, 0.3) is 0 Å². The predicted octanol–water partition coefficient (Wildman–Crippen LogP) is 4.65. The van der Waals surface area contributed by atoms with Crippen molar-refractivity contribution in [3.8, 4) is 5.75 Å². The van der Waals surface area contributed by atoms with E-state index in [1.165, 1.54) is 11.0 Å². The normalized spacial score (nSPS) is 21.6. The molecule has 0 aromatic heterocycles. The SMILES string of the molecule is Cc1ccc([C@H]2SC[C@H]3C(=O)N(c4cc(C)ccc4OC(F)F)C(=S)N23)cc1. The fourth-order valence-corrected chi connectivity index (χ4v) is 5.41. The highest BCUT2D eigenvalue weighted by molar-refractivity contribution is 7.99. The Hall–Kier alpha value is -2.19. The Balaban J connectivity index is 1.71. The maximum Gasteiger partial charge on any atom is 0.387 e. The Kier molecular flexibility index (Phi) is 5.01. The number of nitrogens with zero attached hydrogens (tertiary/aromatic N) is 2. The minimum atomic E-state index is -2.98. The summed E-state index contributed by atoms with van der Waals surface area (Å²) in [6.45, 7) is 0.858. The van der Waals surface area contributed by atoms with Gasteiger partial charge in [-0.2, -0.15) is 8.78 Å². The van der Waals surface area contributed by atoms with Crippen molar-refractivity contribution in [3.63, 3.8) is 0 Å². The number of fused-ring (bicyclic) bond motifs is 1. The van der Waals surface area contributed by atoms with E-state index in [0.29, 0.717) is 10.9 Å². The largest absolute Gasteiger partial charge is 0.433 e. The molecule has 2 atom stereocenters. The van der Waals surface area contributed by atoms with Crippen molar-refractivity contribution in [2.75, 3.05) is 10.7 Å². The smallest absolute Gasteiger partial charge is 0.387 e. The number of carbonyl (C=O) groups is 1. The van der Waals surface area contributed by atoms with Gasteiger partial charge in [-0.3, -0.25) is 9.69 Å². The highest BCUT2D eigenvalue weighted by Gasteiger charge is 2.51. The quantitative estimate of drug-likeness (QED) is 0.673. The minimum absolute atomic E-state index is 0.0583. The average Bonchev–Trinajstić information content (AvgIpc) is 3.18. The van der Waals surface area contributed by atoms with Crippen LogP contribution in [0, 0.1) is 13.8 Å². The number of amides is 1. The number of alkyl halides is 2. The number of carbonyl (C=O) groups excluding carboxylic acids is 1. The van der Waals surface area contributed by atoms with Crippen LogP contribution in [0.2, 0.25) is 0 Å². The minimum Gasteiger partial charge on any atom is -0.433 e. The van der Waals surface area contributed by atoms with Crippen LogP contribution in [-0.4, -0.2) is 34.3 Å². The second-order valence-corrected chi connectivity index (χ2v) is 8.30.